The highest BCUT2D eigenvalue weighted by molar-refractivity contribution is 5.78. The molecule has 9 heteroatoms. The predicted molar refractivity (Wildman–Crippen MR) is 110 cm³/mol. The predicted octanol–water partition coefficient (Wildman–Crippen LogP) is 1.78. The number of morpholine rings is 1. The van der Waals surface area contributed by atoms with Gasteiger partial charge in [0.1, 0.15) is 48.3 Å². The van der Waals surface area contributed by atoms with Crippen molar-refractivity contribution in [1.29, 1.82) is 0 Å². The molecule has 0 radical (unpaired) electrons. The Labute approximate surface area is 174 Å². The number of hydrogen-bond acceptors (Lipinski definition) is 7. The Kier molecular flexibility index (Phi) is 5.98. The Morgan fingerprint density at radius 2 is 1.97 bits per heavy atom. The number of piperidine rings is 1. The number of amides is 1. The van der Waals surface area contributed by atoms with E-state index in [-0.39, 0.29) is 30.5 Å². The SMILES string of the molecule is Cc1nc(N)cc(N2CCC(N3CC(COc4ccc(F)cc4)OCC3=O)CC2)n1. The van der Waals surface area contributed by atoms with Crippen LogP contribution in [0, 0.1) is 12.7 Å². The number of anilines is 2. The van der Waals surface area contributed by atoms with E-state index in [4.69, 9.17) is 15.2 Å². The van der Waals surface area contributed by atoms with Crippen LogP contribution < -0.4 is 15.4 Å². The molecule has 30 heavy (non-hydrogen) atoms. The molecule has 1 aromatic heterocycles. The van der Waals surface area contributed by atoms with E-state index in [0.29, 0.717) is 30.5 Å². The Morgan fingerprint density at radius 1 is 1.23 bits per heavy atom. The van der Waals surface area contributed by atoms with Gasteiger partial charge in [0.05, 0.1) is 6.54 Å². The number of rotatable bonds is 5. The number of nitrogens with zero attached hydrogens (tertiary/aromatic N) is 4. The summed E-state index contributed by atoms with van der Waals surface area (Å²) < 4.78 is 24.4. The minimum Gasteiger partial charge on any atom is -0.491 e. The number of ether oxygens (including phenoxy) is 2. The maximum atomic E-state index is 13.0. The Balaban J connectivity index is 1.32. The van der Waals surface area contributed by atoms with Crippen molar-refractivity contribution >= 4 is 17.5 Å². The quantitative estimate of drug-likeness (QED) is 0.796. The van der Waals surface area contributed by atoms with Gasteiger partial charge in [-0.3, -0.25) is 4.79 Å². The van der Waals surface area contributed by atoms with Crippen LogP contribution in [0.2, 0.25) is 0 Å². The van der Waals surface area contributed by atoms with Crippen LogP contribution in [0.4, 0.5) is 16.0 Å². The van der Waals surface area contributed by atoms with Gasteiger partial charge >= 0.3 is 0 Å². The first-order valence-electron chi connectivity index (χ1n) is 10.1. The van der Waals surface area contributed by atoms with Crippen LogP contribution in [-0.2, 0) is 9.53 Å². The highest BCUT2D eigenvalue weighted by atomic mass is 19.1. The van der Waals surface area contributed by atoms with Crippen molar-refractivity contribution in [3.8, 4) is 5.75 Å². The first-order valence-corrected chi connectivity index (χ1v) is 10.1. The maximum absolute atomic E-state index is 13.0. The number of carbonyl (C=O) groups is 1. The van der Waals surface area contributed by atoms with Crippen LogP contribution in [0.5, 0.6) is 5.75 Å². The third-order valence-electron chi connectivity index (χ3n) is 5.49. The summed E-state index contributed by atoms with van der Waals surface area (Å²) in [7, 11) is 0. The van der Waals surface area contributed by atoms with E-state index in [9.17, 15) is 9.18 Å². The monoisotopic (exact) mass is 415 g/mol. The van der Waals surface area contributed by atoms with Crippen molar-refractivity contribution in [3.05, 3.63) is 42.0 Å². The molecule has 8 nitrogen and oxygen atoms in total. The fraction of sp³-hybridized carbons (Fsp3) is 0.476. The molecule has 2 N–H and O–H groups in total. The van der Waals surface area contributed by atoms with Gasteiger partial charge in [0.15, 0.2) is 0 Å². The number of hydrogen-bond donors (Lipinski definition) is 1. The minimum atomic E-state index is -0.306. The molecule has 1 unspecified atom stereocenters. The number of aromatic nitrogens is 2. The van der Waals surface area contributed by atoms with E-state index in [0.717, 1.165) is 31.7 Å². The fourth-order valence-corrected chi connectivity index (χ4v) is 3.96. The lowest BCUT2D eigenvalue weighted by atomic mass is 10.0. The lowest BCUT2D eigenvalue weighted by Crippen LogP contribution is -2.55. The van der Waals surface area contributed by atoms with Crippen molar-refractivity contribution in [3.63, 3.8) is 0 Å². The van der Waals surface area contributed by atoms with Gasteiger partial charge in [0, 0.05) is 25.2 Å². The van der Waals surface area contributed by atoms with Crippen LogP contribution in [0.25, 0.3) is 0 Å². The lowest BCUT2D eigenvalue weighted by Gasteiger charge is -2.42. The second-order valence-electron chi connectivity index (χ2n) is 7.66. The smallest absolute Gasteiger partial charge is 0.248 e. The molecule has 0 bridgehead atoms. The lowest BCUT2D eigenvalue weighted by molar-refractivity contribution is -0.154. The summed E-state index contributed by atoms with van der Waals surface area (Å²) in [6.07, 6.45) is 1.48. The minimum absolute atomic E-state index is 0.00797. The van der Waals surface area contributed by atoms with E-state index >= 15 is 0 Å². The second kappa shape index (κ2) is 8.83. The first-order chi connectivity index (χ1) is 14.5. The zero-order chi connectivity index (χ0) is 21.1. The van der Waals surface area contributed by atoms with Crippen molar-refractivity contribution < 1.29 is 18.7 Å². The van der Waals surface area contributed by atoms with E-state index in [1.54, 1.807) is 18.2 Å². The summed E-state index contributed by atoms with van der Waals surface area (Å²) in [5, 5.41) is 0. The molecule has 0 aliphatic carbocycles. The van der Waals surface area contributed by atoms with E-state index < -0.39 is 0 Å². The molecule has 3 heterocycles. The van der Waals surface area contributed by atoms with Gasteiger partial charge in [-0.2, -0.15) is 0 Å². The summed E-state index contributed by atoms with van der Waals surface area (Å²) in [5.41, 5.74) is 5.85. The summed E-state index contributed by atoms with van der Waals surface area (Å²) in [5.74, 6) is 2.23. The second-order valence-corrected chi connectivity index (χ2v) is 7.66. The number of nitrogen functional groups attached to an aromatic ring is 1. The molecule has 2 aromatic rings. The average Bonchev–Trinajstić information content (AvgIpc) is 2.74. The van der Waals surface area contributed by atoms with Gasteiger partial charge in [-0.15, -0.1) is 0 Å². The maximum Gasteiger partial charge on any atom is 0.248 e. The molecular formula is C21H26FN5O3. The van der Waals surface area contributed by atoms with Crippen LogP contribution in [0.1, 0.15) is 18.7 Å². The third-order valence-corrected chi connectivity index (χ3v) is 5.49. The molecule has 1 atom stereocenters. The summed E-state index contributed by atoms with van der Waals surface area (Å²) in [6.45, 7) is 4.27. The third kappa shape index (κ3) is 4.79. The summed E-state index contributed by atoms with van der Waals surface area (Å²) in [6, 6.07) is 7.82. The zero-order valence-electron chi connectivity index (χ0n) is 17.0. The molecule has 0 saturated carbocycles. The molecule has 160 valence electrons. The molecule has 2 aliphatic rings. The van der Waals surface area contributed by atoms with Gasteiger partial charge < -0.3 is 25.0 Å². The Bertz CT molecular complexity index is 866. The van der Waals surface area contributed by atoms with Gasteiger partial charge in [-0.25, -0.2) is 14.4 Å². The number of aryl methyl sites for hydroxylation is 1. The average molecular weight is 415 g/mol. The molecule has 0 spiro atoms. The van der Waals surface area contributed by atoms with Gasteiger partial charge in [-0.05, 0) is 44.0 Å². The highest BCUT2D eigenvalue weighted by Crippen LogP contribution is 2.24. The van der Waals surface area contributed by atoms with Gasteiger partial charge in [0.25, 0.3) is 0 Å². The van der Waals surface area contributed by atoms with E-state index in [1.165, 1.54) is 12.1 Å². The first kappa shape index (κ1) is 20.3. The summed E-state index contributed by atoms with van der Waals surface area (Å²) in [4.78, 5) is 25.2. The van der Waals surface area contributed by atoms with Crippen LogP contribution in [-0.4, -0.2) is 65.8 Å². The Morgan fingerprint density at radius 3 is 2.67 bits per heavy atom. The molecule has 1 amide bonds. The topological polar surface area (TPSA) is 93.8 Å². The largest absolute Gasteiger partial charge is 0.491 e. The summed E-state index contributed by atoms with van der Waals surface area (Å²) >= 11 is 0. The fourth-order valence-electron chi connectivity index (χ4n) is 3.96. The normalized spacial score (nSPS) is 20.5. The molecule has 2 aliphatic heterocycles. The van der Waals surface area contributed by atoms with E-state index in [1.807, 2.05) is 11.8 Å². The van der Waals surface area contributed by atoms with Gasteiger partial charge in [-0.1, -0.05) is 0 Å². The number of halogens is 1. The number of carbonyl (C=O) groups excluding carboxylic acids is 1. The zero-order valence-corrected chi connectivity index (χ0v) is 17.0. The Hall–Kier alpha value is -2.94. The van der Waals surface area contributed by atoms with Crippen LogP contribution in [0.15, 0.2) is 30.3 Å². The molecule has 2 saturated heterocycles. The molecular weight excluding hydrogens is 389 g/mol. The van der Waals surface area contributed by atoms with E-state index in [2.05, 4.69) is 14.9 Å². The molecule has 1 aromatic carbocycles. The molecule has 2 fully saturated rings. The standard InChI is InChI=1S/C21H26FN5O3/c1-14-24-19(23)10-20(25-14)26-8-6-16(7-9-26)27-11-18(30-13-21(27)28)12-29-17-4-2-15(22)3-5-17/h2-5,10,16,18H,6-9,11-13H2,1H3,(H2,23,24,25). The number of nitrogens with two attached hydrogens (primary N) is 1. The number of benzene rings is 1. The van der Waals surface area contributed by atoms with Crippen molar-refractivity contribution in [2.45, 2.75) is 31.9 Å². The van der Waals surface area contributed by atoms with Crippen LogP contribution >= 0.6 is 0 Å². The molecule has 4 rings (SSSR count). The van der Waals surface area contributed by atoms with Crippen molar-refractivity contribution in [2.24, 2.45) is 0 Å². The highest BCUT2D eigenvalue weighted by Gasteiger charge is 2.34. The van der Waals surface area contributed by atoms with Crippen LogP contribution in [0.3, 0.4) is 0 Å². The van der Waals surface area contributed by atoms with Crippen molar-refractivity contribution in [2.75, 3.05) is 43.5 Å². The van der Waals surface area contributed by atoms with Crippen molar-refractivity contribution in [1.82, 2.24) is 14.9 Å². The van der Waals surface area contributed by atoms with Gasteiger partial charge in [0.2, 0.25) is 5.91 Å².